The van der Waals surface area contributed by atoms with Crippen molar-refractivity contribution in [2.24, 2.45) is 17.8 Å². The fourth-order valence-corrected chi connectivity index (χ4v) is 2.58. The first kappa shape index (κ1) is 13.5. The van der Waals surface area contributed by atoms with Gasteiger partial charge in [-0.05, 0) is 51.4 Å². The summed E-state index contributed by atoms with van der Waals surface area (Å²) in [6, 6.07) is 0.329. The summed E-state index contributed by atoms with van der Waals surface area (Å²) >= 11 is 0. The molecule has 0 atom stereocenters. The van der Waals surface area contributed by atoms with Crippen LogP contribution in [0.4, 0.5) is 0 Å². The molecule has 0 radical (unpaired) electrons. The fourth-order valence-electron chi connectivity index (χ4n) is 2.58. The minimum atomic E-state index is 0.294. The Morgan fingerprint density at radius 3 is 1.94 bits per heavy atom. The smallest absolute Gasteiger partial charge is 0.225 e. The Balaban J connectivity index is 2.45. The van der Waals surface area contributed by atoms with E-state index < -0.39 is 0 Å². The van der Waals surface area contributed by atoms with Crippen LogP contribution in [0.1, 0.15) is 53.4 Å². The fraction of sp³-hybridized carbons (Fsp3) is 0.929. The molecule has 1 rings (SSSR count). The first-order chi connectivity index (χ1) is 7.43. The third kappa shape index (κ3) is 3.23. The minimum Gasteiger partial charge on any atom is -0.343 e. The zero-order chi connectivity index (χ0) is 12.3. The molecule has 1 aliphatic carbocycles. The van der Waals surface area contributed by atoms with E-state index in [0.29, 0.717) is 17.9 Å². The molecule has 2 heteroatoms. The van der Waals surface area contributed by atoms with Crippen LogP contribution in [-0.4, -0.2) is 23.9 Å². The second-order valence-corrected chi connectivity index (χ2v) is 5.90. The Bertz CT molecular complexity index is 227. The molecule has 0 N–H and O–H groups in total. The van der Waals surface area contributed by atoms with Crippen LogP contribution in [0, 0.1) is 17.8 Å². The third-order valence-corrected chi connectivity index (χ3v) is 4.19. The van der Waals surface area contributed by atoms with Gasteiger partial charge >= 0.3 is 0 Å². The molecule has 1 amide bonds. The molecule has 1 aliphatic rings. The van der Waals surface area contributed by atoms with Crippen LogP contribution in [-0.2, 0) is 4.79 Å². The molecule has 0 spiro atoms. The number of nitrogens with zero attached hydrogens (tertiary/aromatic N) is 1. The van der Waals surface area contributed by atoms with Gasteiger partial charge in [-0.1, -0.05) is 13.8 Å². The Morgan fingerprint density at radius 2 is 1.56 bits per heavy atom. The number of carbonyl (C=O) groups excluding carboxylic acids is 1. The van der Waals surface area contributed by atoms with Gasteiger partial charge < -0.3 is 4.90 Å². The quantitative estimate of drug-likeness (QED) is 0.721. The average molecular weight is 225 g/mol. The van der Waals surface area contributed by atoms with Gasteiger partial charge in [0.25, 0.3) is 0 Å². The molecule has 0 aromatic carbocycles. The lowest BCUT2D eigenvalue weighted by Gasteiger charge is -2.33. The van der Waals surface area contributed by atoms with Crippen molar-refractivity contribution in [3.05, 3.63) is 0 Å². The first-order valence-electron chi connectivity index (χ1n) is 6.70. The van der Waals surface area contributed by atoms with E-state index in [1.807, 2.05) is 11.9 Å². The normalized spacial score (nSPS) is 26.2. The Hall–Kier alpha value is -0.530. The average Bonchev–Trinajstić information content (AvgIpc) is 2.27. The zero-order valence-corrected chi connectivity index (χ0v) is 11.5. The molecular weight excluding hydrogens is 198 g/mol. The molecule has 0 unspecified atom stereocenters. The van der Waals surface area contributed by atoms with Crippen molar-refractivity contribution in [2.75, 3.05) is 7.05 Å². The molecular formula is C14H27NO. The second-order valence-electron chi connectivity index (χ2n) is 5.90. The molecule has 1 fully saturated rings. The summed E-state index contributed by atoms with van der Waals surface area (Å²) in [5.41, 5.74) is 0. The summed E-state index contributed by atoms with van der Waals surface area (Å²) < 4.78 is 0. The molecule has 0 saturated heterocycles. The van der Waals surface area contributed by atoms with E-state index >= 15 is 0 Å². The van der Waals surface area contributed by atoms with Crippen molar-refractivity contribution in [3.8, 4) is 0 Å². The number of rotatable bonds is 3. The van der Waals surface area contributed by atoms with Crippen LogP contribution >= 0.6 is 0 Å². The molecule has 0 bridgehead atoms. The van der Waals surface area contributed by atoms with Gasteiger partial charge in [0.15, 0.2) is 0 Å². The highest BCUT2D eigenvalue weighted by atomic mass is 16.2. The van der Waals surface area contributed by atoms with E-state index in [2.05, 4.69) is 27.7 Å². The molecule has 0 aromatic rings. The van der Waals surface area contributed by atoms with Crippen LogP contribution in [0.3, 0.4) is 0 Å². The maximum Gasteiger partial charge on any atom is 0.225 e. The van der Waals surface area contributed by atoms with Crippen LogP contribution in [0.5, 0.6) is 0 Å². The van der Waals surface area contributed by atoms with Crippen LogP contribution in [0.2, 0.25) is 0 Å². The highest BCUT2D eigenvalue weighted by Gasteiger charge is 2.29. The predicted molar refractivity (Wildman–Crippen MR) is 68.2 cm³/mol. The summed E-state index contributed by atoms with van der Waals surface area (Å²) in [4.78, 5) is 14.0. The van der Waals surface area contributed by atoms with Crippen molar-refractivity contribution in [3.63, 3.8) is 0 Å². The van der Waals surface area contributed by atoms with E-state index in [0.717, 1.165) is 24.7 Å². The van der Waals surface area contributed by atoms with Gasteiger partial charge in [-0.2, -0.15) is 0 Å². The van der Waals surface area contributed by atoms with E-state index in [1.165, 1.54) is 12.8 Å². The molecule has 0 aliphatic heterocycles. The monoisotopic (exact) mass is 225 g/mol. The van der Waals surface area contributed by atoms with Crippen LogP contribution in [0.15, 0.2) is 0 Å². The number of carbonyl (C=O) groups is 1. The van der Waals surface area contributed by atoms with E-state index in [-0.39, 0.29) is 0 Å². The maximum absolute atomic E-state index is 12.1. The second kappa shape index (κ2) is 5.70. The minimum absolute atomic E-state index is 0.294. The summed E-state index contributed by atoms with van der Waals surface area (Å²) in [5.74, 6) is 2.27. The SMILES string of the molecule is CC(C)C1CCC(C(=O)N(C)C(C)C)CC1. The van der Waals surface area contributed by atoms with Gasteiger partial charge in [0.2, 0.25) is 5.91 Å². The number of hydrogen-bond acceptors (Lipinski definition) is 1. The van der Waals surface area contributed by atoms with Crippen molar-refractivity contribution in [1.82, 2.24) is 4.90 Å². The maximum atomic E-state index is 12.1. The standard InChI is InChI=1S/C14H27NO/c1-10(2)12-6-8-13(9-7-12)14(16)15(5)11(3)4/h10-13H,6-9H2,1-5H3. The Morgan fingerprint density at radius 1 is 1.06 bits per heavy atom. The highest BCUT2D eigenvalue weighted by Crippen LogP contribution is 2.34. The van der Waals surface area contributed by atoms with Gasteiger partial charge in [0.05, 0.1) is 0 Å². The highest BCUT2D eigenvalue weighted by molar-refractivity contribution is 5.78. The zero-order valence-electron chi connectivity index (χ0n) is 11.5. The first-order valence-corrected chi connectivity index (χ1v) is 6.70. The van der Waals surface area contributed by atoms with Crippen molar-refractivity contribution < 1.29 is 4.79 Å². The molecule has 94 valence electrons. The lowest BCUT2D eigenvalue weighted by Crippen LogP contribution is -2.39. The van der Waals surface area contributed by atoms with E-state index in [9.17, 15) is 4.79 Å². The van der Waals surface area contributed by atoms with E-state index in [4.69, 9.17) is 0 Å². The lowest BCUT2D eigenvalue weighted by molar-refractivity contribution is -0.137. The summed E-state index contributed by atoms with van der Waals surface area (Å²) in [7, 11) is 1.93. The third-order valence-electron chi connectivity index (χ3n) is 4.19. The van der Waals surface area contributed by atoms with Crippen molar-refractivity contribution in [1.29, 1.82) is 0 Å². The number of hydrogen-bond donors (Lipinski definition) is 0. The molecule has 16 heavy (non-hydrogen) atoms. The van der Waals surface area contributed by atoms with Gasteiger partial charge in [0, 0.05) is 19.0 Å². The van der Waals surface area contributed by atoms with Gasteiger partial charge in [-0.15, -0.1) is 0 Å². The predicted octanol–water partition coefficient (Wildman–Crippen LogP) is 3.32. The van der Waals surface area contributed by atoms with Gasteiger partial charge in [-0.3, -0.25) is 4.79 Å². The van der Waals surface area contributed by atoms with Crippen LogP contribution in [0.25, 0.3) is 0 Å². The molecule has 0 aromatic heterocycles. The molecule has 0 heterocycles. The summed E-state index contributed by atoms with van der Waals surface area (Å²) in [6.07, 6.45) is 4.66. The topological polar surface area (TPSA) is 20.3 Å². The van der Waals surface area contributed by atoms with Gasteiger partial charge in [0.1, 0.15) is 0 Å². The van der Waals surface area contributed by atoms with Crippen molar-refractivity contribution >= 4 is 5.91 Å². The summed E-state index contributed by atoms with van der Waals surface area (Å²) in [5, 5.41) is 0. The van der Waals surface area contributed by atoms with Crippen LogP contribution < -0.4 is 0 Å². The van der Waals surface area contributed by atoms with Crippen molar-refractivity contribution in [2.45, 2.75) is 59.4 Å². The summed E-state index contributed by atoms with van der Waals surface area (Å²) in [6.45, 7) is 8.76. The Labute approximate surface area is 100 Å². The Kier molecular flexibility index (Phi) is 4.82. The van der Waals surface area contributed by atoms with Gasteiger partial charge in [-0.25, -0.2) is 0 Å². The molecule has 1 saturated carbocycles. The molecule has 2 nitrogen and oxygen atoms in total. The largest absolute Gasteiger partial charge is 0.343 e. The van der Waals surface area contributed by atoms with E-state index in [1.54, 1.807) is 0 Å². The lowest BCUT2D eigenvalue weighted by atomic mass is 9.76. The number of amides is 1.